The SMILES string of the molecule is Clc1sc(C(Br)c2cc3c(s2)CCCCC3)cc1Br. The van der Waals surface area contributed by atoms with Crippen LogP contribution in [0.2, 0.25) is 4.34 Å². The first kappa shape index (κ1) is 14.6. The zero-order valence-electron chi connectivity index (χ0n) is 10.2. The number of halogens is 3. The van der Waals surface area contributed by atoms with Gasteiger partial charge in [-0.25, -0.2) is 0 Å². The maximum atomic E-state index is 6.14. The number of rotatable bonds is 2. The van der Waals surface area contributed by atoms with Gasteiger partial charge in [0.2, 0.25) is 0 Å². The maximum absolute atomic E-state index is 6.14. The zero-order valence-corrected chi connectivity index (χ0v) is 15.8. The van der Waals surface area contributed by atoms with Crippen molar-refractivity contribution in [2.24, 2.45) is 0 Å². The van der Waals surface area contributed by atoms with Gasteiger partial charge in [0, 0.05) is 19.1 Å². The third kappa shape index (κ3) is 3.13. The van der Waals surface area contributed by atoms with Crippen molar-refractivity contribution in [3.05, 3.63) is 41.1 Å². The molecule has 0 aromatic carbocycles. The molecule has 0 spiro atoms. The van der Waals surface area contributed by atoms with Gasteiger partial charge >= 0.3 is 0 Å². The molecule has 2 aromatic heterocycles. The lowest BCUT2D eigenvalue weighted by Gasteiger charge is -2.04. The zero-order chi connectivity index (χ0) is 13.4. The first-order chi connectivity index (χ1) is 9.15. The minimum atomic E-state index is 0.276. The van der Waals surface area contributed by atoms with Crippen LogP contribution in [0, 0.1) is 0 Å². The molecule has 102 valence electrons. The van der Waals surface area contributed by atoms with Gasteiger partial charge in [0.05, 0.1) is 4.83 Å². The lowest BCUT2D eigenvalue weighted by atomic mass is 10.1. The summed E-state index contributed by atoms with van der Waals surface area (Å²) in [5.41, 5.74) is 1.57. The molecule has 0 radical (unpaired) electrons. The van der Waals surface area contributed by atoms with Crippen LogP contribution in [0.5, 0.6) is 0 Å². The Morgan fingerprint density at radius 1 is 1.05 bits per heavy atom. The van der Waals surface area contributed by atoms with Crippen LogP contribution in [0.3, 0.4) is 0 Å². The van der Waals surface area contributed by atoms with Crippen LogP contribution in [0.1, 0.15) is 44.3 Å². The topological polar surface area (TPSA) is 0 Å². The van der Waals surface area contributed by atoms with Crippen LogP contribution in [0.25, 0.3) is 0 Å². The highest BCUT2D eigenvalue weighted by Crippen LogP contribution is 2.44. The van der Waals surface area contributed by atoms with Gasteiger partial charge in [-0.1, -0.05) is 34.0 Å². The molecule has 3 rings (SSSR count). The van der Waals surface area contributed by atoms with Crippen molar-refractivity contribution in [2.45, 2.75) is 36.9 Å². The second kappa shape index (κ2) is 6.18. The number of hydrogen-bond donors (Lipinski definition) is 0. The van der Waals surface area contributed by atoms with Crippen LogP contribution in [-0.4, -0.2) is 0 Å². The van der Waals surface area contributed by atoms with Crippen molar-refractivity contribution in [1.82, 2.24) is 0 Å². The highest BCUT2D eigenvalue weighted by molar-refractivity contribution is 9.10. The van der Waals surface area contributed by atoms with E-state index in [4.69, 9.17) is 11.6 Å². The number of thiophene rings is 2. The van der Waals surface area contributed by atoms with Crippen LogP contribution >= 0.6 is 66.1 Å². The minimum absolute atomic E-state index is 0.276. The minimum Gasteiger partial charge on any atom is -0.144 e. The molecular formula is C14H13Br2ClS2. The van der Waals surface area contributed by atoms with E-state index < -0.39 is 0 Å². The van der Waals surface area contributed by atoms with E-state index in [1.165, 1.54) is 41.9 Å². The average molecular weight is 441 g/mol. The molecule has 2 aromatic rings. The molecular weight excluding hydrogens is 428 g/mol. The monoisotopic (exact) mass is 438 g/mol. The van der Waals surface area contributed by atoms with Crippen LogP contribution in [-0.2, 0) is 12.8 Å². The summed E-state index contributed by atoms with van der Waals surface area (Å²) in [6.07, 6.45) is 6.57. The van der Waals surface area contributed by atoms with Crippen molar-refractivity contribution in [3.63, 3.8) is 0 Å². The molecule has 1 aliphatic carbocycles. The smallest absolute Gasteiger partial charge is 0.107 e. The van der Waals surface area contributed by atoms with Gasteiger partial charge in [0.15, 0.2) is 0 Å². The Hall–Kier alpha value is 0.650. The maximum Gasteiger partial charge on any atom is 0.107 e. The summed E-state index contributed by atoms with van der Waals surface area (Å²) in [6, 6.07) is 4.52. The summed E-state index contributed by atoms with van der Waals surface area (Å²) >= 11 is 17.1. The molecule has 1 atom stereocenters. The van der Waals surface area contributed by atoms with Gasteiger partial charge in [-0.2, -0.15) is 0 Å². The van der Waals surface area contributed by atoms with Gasteiger partial charge in [-0.3, -0.25) is 0 Å². The molecule has 2 heterocycles. The molecule has 0 nitrogen and oxygen atoms in total. The Morgan fingerprint density at radius 2 is 1.79 bits per heavy atom. The molecule has 0 amide bonds. The number of hydrogen-bond acceptors (Lipinski definition) is 2. The van der Waals surface area contributed by atoms with Crippen LogP contribution in [0.4, 0.5) is 0 Å². The van der Waals surface area contributed by atoms with Gasteiger partial charge < -0.3 is 0 Å². The molecule has 0 fully saturated rings. The molecule has 0 bridgehead atoms. The Kier molecular flexibility index (Phi) is 4.75. The summed E-state index contributed by atoms with van der Waals surface area (Å²) in [7, 11) is 0. The van der Waals surface area contributed by atoms with Gasteiger partial charge in [0.25, 0.3) is 0 Å². The number of fused-ring (bicyclic) bond motifs is 1. The fourth-order valence-electron chi connectivity index (χ4n) is 2.44. The van der Waals surface area contributed by atoms with Crippen molar-refractivity contribution >= 4 is 66.1 Å². The van der Waals surface area contributed by atoms with Gasteiger partial charge in [-0.05, 0) is 59.3 Å². The second-order valence-corrected chi connectivity index (χ2v) is 9.41. The fraction of sp³-hybridized carbons (Fsp3) is 0.429. The Balaban J connectivity index is 1.89. The molecule has 19 heavy (non-hydrogen) atoms. The third-order valence-electron chi connectivity index (χ3n) is 3.43. The Labute approximate surface area is 143 Å². The summed E-state index contributed by atoms with van der Waals surface area (Å²) in [5, 5.41) is 0. The van der Waals surface area contributed by atoms with Crippen LogP contribution in [0.15, 0.2) is 16.6 Å². The molecule has 1 aliphatic rings. The largest absolute Gasteiger partial charge is 0.144 e. The predicted molar refractivity (Wildman–Crippen MR) is 93.4 cm³/mol. The van der Waals surface area contributed by atoms with E-state index in [9.17, 15) is 0 Å². The molecule has 0 saturated heterocycles. The van der Waals surface area contributed by atoms with E-state index in [-0.39, 0.29) is 4.83 Å². The summed E-state index contributed by atoms with van der Waals surface area (Å²) in [4.78, 5) is 4.56. The van der Waals surface area contributed by atoms with Gasteiger partial charge in [-0.15, -0.1) is 22.7 Å². The number of aryl methyl sites for hydroxylation is 2. The van der Waals surface area contributed by atoms with E-state index >= 15 is 0 Å². The van der Waals surface area contributed by atoms with Crippen molar-refractivity contribution in [3.8, 4) is 0 Å². The van der Waals surface area contributed by atoms with E-state index in [2.05, 4.69) is 44.0 Å². The first-order valence-electron chi connectivity index (χ1n) is 6.35. The standard InChI is InChI=1S/C14H13Br2ClS2/c15-9-7-12(19-14(9)17)13(16)11-6-8-4-2-1-3-5-10(8)18-11/h6-7,13H,1-5H2. The van der Waals surface area contributed by atoms with E-state index in [1.807, 2.05) is 11.3 Å². The Bertz CT molecular complexity index is 545. The molecule has 0 N–H and O–H groups in total. The summed E-state index contributed by atoms with van der Waals surface area (Å²) < 4.78 is 1.83. The highest BCUT2D eigenvalue weighted by atomic mass is 79.9. The van der Waals surface area contributed by atoms with Crippen LogP contribution < -0.4 is 0 Å². The van der Waals surface area contributed by atoms with E-state index in [0.717, 1.165) is 8.81 Å². The molecule has 1 unspecified atom stereocenters. The molecule has 0 saturated carbocycles. The summed E-state index contributed by atoms with van der Waals surface area (Å²) in [6.45, 7) is 0. The lowest BCUT2D eigenvalue weighted by molar-refractivity contribution is 0.712. The first-order valence-corrected chi connectivity index (χ1v) is 10.1. The fourth-order valence-corrected chi connectivity index (χ4v) is 6.33. The second-order valence-electron chi connectivity index (χ2n) is 4.79. The van der Waals surface area contributed by atoms with Gasteiger partial charge in [0.1, 0.15) is 4.34 Å². The highest BCUT2D eigenvalue weighted by Gasteiger charge is 2.20. The predicted octanol–water partition coefficient (Wildman–Crippen LogP) is 6.98. The Morgan fingerprint density at radius 3 is 2.53 bits per heavy atom. The third-order valence-corrected chi connectivity index (χ3v) is 8.86. The number of alkyl halides is 1. The quantitative estimate of drug-likeness (QED) is 0.349. The van der Waals surface area contributed by atoms with Crippen molar-refractivity contribution < 1.29 is 0 Å². The molecule has 0 aliphatic heterocycles. The average Bonchev–Trinajstić information content (AvgIpc) is 2.87. The van der Waals surface area contributed by atoms with Crippen molar-refractivity contribution in [2.75, 3.05) is 0 Å². The molecule has 5 heteroatoms. The van der Waals surface area contributed by atoms with Crippen molar-refractivity contribution in [1.29, 1.82) is 0 Å². The van der Waals surface area contributed by atoms with E-state index in [0.29, 0.717) is 0 Å². The van der Waals surface area contributed by atoms with E-state index in [1.54, 1.807) is 21.8 Å². The summed E-state index contributed by atoms with van der Waals surface area (Å²) in [5.74, 6) is 0. The lowest BCUT2D eigenvalue weighted by Crippen LogP contribution is -1.85. The normalized spacial score (nSPS) is 17.0.